The molecule has 0 aliphatic carbocycles. The number of halogens is 1. The van der Waals surface area contributed by atoms with Crippen molar-refractivity contribution in [3.63, 3.8) is 0 Å². The largest absolute Gasteiger partial charge is 0.352 e. The zero-order valence-corrected chi connectivity index (χ0v) is 16.9. The molecule has 1 saturated heterocycles. The van der Waals surface area contributed by atoms with E-state index in [1.165, 1.54) is 6.07 Å². The van der Waals surface area contributed by atoms with E-state index in [1.54, 1.807) is 29.1 Å². The number of piperidine rings is 1. The van der Waals surface area contributed by atoms with E-state index in [0.29, 0.717) is 37.3 Å². The minimum atomic E-state index is -0.305. The van der Waals surface area contributed by atoms with E-state index in [4.69, 9.17) is 0 Å². The molecular weight excluding hydrogens is 371 g/mol. The van der Waals surface area contributed by atoms with E-state index in [-0.39, 0.29) is 24.2 Å². The van der Waals surface area contributed by atoms with Crippen molar-refractivity contribution >= 4 is 11.8 Å². The third-order valence-corrected chi connectivity index (χ3v) is 5.47. The molecule has 1 aromatic heterocycles. The Morgan fingerprint density at radius 2 is 2.10 bits per heavy atom. The molecule has 1 aromatic carbocycles. The molecule has 0 bridgehead atoms. The minimum absolute atomic E-state index is 0.0757. The van der Waals surface area contributed by atoms with Crippen molar-refractivity contribution in [3.8, 4) is 0 Å². The molecule has 29 heavy (non-hydrogen) atoms. The molecular formula is C22H29FN4O2. The van der Waals surface area contributed by atoms with Gasteiger partial charge in [0.1, 0.15) is 5.82 Å². The van der Waals surface area contributed by atoms with Gasteiger partial charge in [-0.3, -0.25) is 14.3 Å². The van der Waals surface area contributed by atoms with Gasteiger partial charge in [-0.05, 0) is 43.2 Å². The number of amides is 2. The lowest BCUT2D eigenvalue weighted by Crippen LogP contribution is -2.40. The van der Waals surface area contributed by atoms with Crippen molar-refractivity contribution in [2.24, 2.45) is 13.0 Å². The fourth-order valence-corrected chi connectivity index (χ4v) is 3.80. The number of hydrogen-bond donors (Lipinski definition) is 1. The summed E-state index contributed by atoms with van der Waals surface area (Å²) < 4.78 is 15.4. The summed E-state index contributed by atoms with van der Waals surface area (Å²) >= 11 is 0. The maximum absolute atomic E-state index is 13.6. The highest BCUT2D eigenvalue weighted by molar-refractivity contribution is 5.77. The Morgan fingerprint density at radius 3 is 2.86 bits per heavy atom. The number of carbonyl (C=O) groups excluding carboxylic acids is 2. The van der Waals surface area contributed by atoms with Crippen LogP contribution in [0.25, 0.3) is 0 Å². The van der Waals surface area contributed by atoms with Crippen LogP contribution in [-0.2, 0) is 29.6 Å². The average Bonchev–Trinajstić information content (AvgIpc) is 3.15. The van der Waals surface area contributed by atoms with Gasteiger partial charge in [0.25, 0.3) is 0 Å². The quantitative estimate of drug-likeness (QED) is 0.741. The maximum Gasteiger partial charge on any atom is 0.222 e. The van der Waals surface area contributed by atoms with Crippen molar-refractivity contribution in [1.82, 2.24) is 20.0 Å². The molecule has 1 N–H and O–H groups in total. The van der Waals surface area contributed by atoms with Crippen LogP contribution in [0, 0.1) is 11.7 Å². The molecule has 2 aromatic rings. The molecule has 156 valence electrons. The zero-order chi connectivity index (χ0) is 20.6. The fourth-order valence-electron chi connectivity index (χ4n) is 3.80. The molecule has 1 aliphatic rings. The van der Waals surface area contributed by atoms with Gasteiger partial charge in [0, 0.05) is 51.3 Å². The van der Waals surface area contributed by atoms with Gasteiger partial charge in [-0.1, -0.05) is 18.2 Å². The standard InChI is InChI=1S/C22H29FN4O2/c1-26-15-18(13-25-26)9-11-22(29)27-12-4-5-17(16-27)8-10-21(28)24-14-19-6-2-3-7-20(19)23/h2-3,6-7,13,15,17H,4-5,8-12,14,16H2,1H3,(H,24,28)/t17-/m1/s1. The summed E-state index contributed by atoms with van der Waals surface area (Å²) in [6.45, 7) is 1.71. The number of benzene rings is 1. The first-order valence-corrected chi connectivity index (χ1v) is 10.3. The summed E-state index contributed by atoms with van der Waals surface area (Å²) in [6, 6.07) is 6.45. The van der Waals surface area contributed by atoms with Crippen LogP contribution in [0.5, 0.6) is 0 Å². The Labute approximate surface area is 171 Å². The van der Waals surface area contributed by atoms with E-state index in [9.17, 15) is 14.0 Å². The molecule has 0 saturated carbocycles. The highest BCUT2D eigenvalue weighted by atomic mass is 19.1. The normalized spacial score (nSPS) is 16.6. The first-order valence-electron chi connectivity index (χ1n) is 10.3. The predicted octanol–water partition coefficient (Wildman–Crippen LogP) is 2.83. The first-order chi connectivity index (χ1) is 14.0. The lowest BCUT2D eigenvalue weighted by atomic mass is 9.93. The Kier molecular flexibility index (Phi) is 7.38. The molecule has 0 unspecified atom stereocenters. The van der Waals surface area contributed by atoms with Gasteiger partial charge in [-0.15, -0.1) is 0 Å². The lowest BCUT2D eigenvalue weighted by molar-refractivity contribution is -0.133. The molecule has 3 rings (SSSR count). The number of aryl methyl sites for hydroxylation is 2. The van der Waals surface area contributed by atoms with Gasteiger partial charge in [0.15, 0.2) is 0 Å². The van der Waals surface area contributed by atoms with Crippen molar-refractivity contribution in [2.75, 3.05) is 13.1 Å². The van der Waals surface area contributed by atoms with Crippen LogP contribution >= 0.6 is 0 Å². The number of hydrogen-bond acceptors (Lipinski definition) is 3. The maximum atomic E-state index is 13.6. The highest BCUT2D eigenvalue weighted by Gasteiger charge is 2.24. The fraction of sp³-hybridized carbons (Fsp3) is 0.500. The zero-order valence-electron chi connectivity index (χ0n) is 16.9. The first kappa shape index (κ1) is 21.0. The van der Waals surface area contributed by atoms with Crippen LogP contribution in [0.4, 0.5) is 4.39 Å². The predicted molar refractivity (Wildman–Crippen MR) is 108 cm³/mol. The van der Waals surface area contributed by atoms with E-state index in [0.717, 1.165) is 31.4 Å². The molecule has 2 amide bonds. The second kappa shape index (κ2) is 10.2. The van der Waals surface area contributed by atoms with Gasteiger partial charge in [0.2, 0.25) is 11.8 Å². The second-order valence-corrected chi connectivity index (χ2v) is 7.78. The molecule has 6 nitrogen and oxygen atoms in total. The minimum Gasteiger partial charge on any atom is -0.352 e. The van der Waals surface area contributed by atoms with Crippen LogP contribution in [0.2, 0.25) is 0 Å². The molecule has 7 heteroatoms. The van der Waals surface area contributed by atoms with Crippen LogP contribution in [0.1, 0.15) is 43.2 Å². The molecule has 1 fully saturated rings. The summed E-state index contributed by atoms with van der Waals surface area (Å²) in [6.07, 6.45) is 8.08. The van der Waals surface area contributed by atoms with E-state index in [1.807, 2.05) is 18.1 Å². The monoisotopic (exact) mass is 400 g/mol. The molecule has 1 atom stereocenters. The topological polar surface area (TPSA) is 67.2 Å². The summed E-state index contributed by atoms with van der Waals surface area (Å²) in [7, 11) is 1.87. The van der Waals surface area contributed by atoms with Gasteiger partial charge in [0.05, 0.1) is 6.20 Å². The molecule has 1 aliphatic heterocycles. The second-order valence-electron chi connectivity index (χ2n) is 7.78. The summed E-state index contributed by atoms with van der Waals surface area (Å²) in [5.74, 6) is 0.127. The molecule has 2 heterocycles. The Morgan fingerprint density at radius 1 is 1.28 bits per heavy atom. The van der Waals surface area contributed by atoms with Gasteiger partial charge in [-0.2, -0.15) is 5.10 Å². The SMILES string of the molecule is Cn1cc(CCC(=O)N2CCC[C@H](CCC(=O)NCc3ccccc3F)C2)cn1. The van der Waals surface area contributed by atoms with Crippen molar-refractivity contribution in [3.05, 3.63) is 53.6 Å². The van der Waals surface area contributed by atoms with Crippen molar-refractivity contribution < 1.29 is 14.0 Å². The smallest absolute Gasteiger partial charge is 0.222 e. The van der Waals surface area contributed by atoms with E-state index >= 15 is 0 Å². The van der Waals surface area contributed by atoms with Crippen molar-refractivity contribution in [2.45, 2.75) is 45.1 Å². The number of aromatic nitrogens is 2. The highest BCUT2D eigenvalue weighted by Crippen LogP contribution is 2.22. The van der Waals surface area contributed by atoms with Gasteiger partial charge >= 0.3 is 0 Å². The van der Waals surface area contributed by atoms with Crippen LogP contribution in [-0.4, -0.2) is 39.6 Å². The van der Waals surface area contributed by atoms with E-state index in [2.05, 4.69) is 10.4 Å². The number of likely N-dealkylation sites (tertiary alicyclic amines) is 1. The number of rotatable bonds is 8. The summed E-state index contributed by atoms with van der Waals surface area (Å²) in [5.41, 5.74) is 1.56. The number of nitrogens with zero attached hydrogens (tertiary/aromatic N) is 3. The molecule has 0 radical (unpaired) electrons. The Balaban J connectivity index is 1.38. The molecule has 0 spiro atoms. The van der Waals surface area contributed by atoms with Crippen molar-refractivity contribution in [1.29, 1.82) is 0 Å². The number of nitrogens with one attached hydrogen (secondary N) is 1. The number of carbonyl (C=O) groups is 2. The van der Waals surface area contributed by atoms with Gasteiger partial charge in [-0.25, -0.2) is 4.39 Å². The van der Waals surface area contributed by atoms with E-state index < -0.39 is 0 Å². The average molecular weight is 400 g/mol. The summed E-state index contributed by atoms with van der Waals surface area (Å²) in [4.78, 5) is 26.6. The van der Waals surface area contributed by atoms with Gasteiger partial charge < -0.3 is 10.2 Å². The Hall–Kier alpha value is -2.70. The Bertz CT molecular complexity index is 836. The lowest BCUT2D eigenvalue weighted by Gasteiger charge is -2.33. The third-order valence-electron chi connectivity index (χ3n) is 5.47. The van der Waals surface area contributed by atoms with Crippen LogP contribution < -0.4 is 5.32 Å². The third kappa shape index (κ3) is 6.41. The summed E-state index contributed by atoms with van der Waals surface area (Å²) in [5, 5.41) is 6.92. The van der Waals surface area contributed by atoms with Crippen LogP contribution in [0.3, 0.4) is 0 Å². The van der Waals surface area contributed by atoms with Crippen LogP contribution in [0.15, 0.2) is 36.7 Å².